The summed E-state index contributed by atoms with van der Waals surface area (Å²) >= 11 is 0. The fraction of sp³-hybridized carbons (Fsp3) is 0.270. The van der Waals surface area contributed by atoms with E-state index in [9.17, 15) is 18.6 Å². The van der Waals surface area contributed by atoms with Crippen molar-refractivity contribution in [3.63, 3.8) is 0 Å². The van der Waals surface area contributed by atoms with Crippen LogP contribution in [-0.4, -0.2) is 54.3 Å². The minimum absolute atomic E-state index is 0.0515. The normalized spacial score (nSPS) is 19.8. The largest absolute Gasteiger partial charge is 0.392 e. The molecule has 244 valence electrons. The SMILES string of the molecule is C[C@@H]([C@H](O)c1ccccc1)N(C)C[C@@H]1C[C@H](c2ccc(CO)cc2)OC(c2cccc(NS(=O)(=O)c3cccc4cccnc34)c2)O1. The molecule has 47 heavy (non-hydrogen) atoms. The van der Waals surface area contributed by atoms with E-state index in [4.69, 9.17) is 9.47 Å². The van der Waals surface area contributed by atoms with E-state index < -0.39 is 22.4 Å². The molecule has 0 radical (unpaired) electrons. The number of sulfonamides is 1. The number of fused-ring (bicyclic) bond motifs is 1. The van der Waals surface area contributed by atoms with Gasteiger partial charge >= 0.3 is 0 Å². The Morgan fingerprint density at radius 3 is 2.43 bits per heavy atom. The number of benzene rings is 4. The zero-order valence-corrected chi connectivity index (χ0v) is 27.1. The van der Waals surface area contributed by atoms with Gasteiger partial charge in [-0.1, -0.05) is 84.9 Å². The van der Waals surface area contributed by atoms with Gasteiger partial charge in [0, 0.05) is 41.8 Å². The zero-order valence-electron chi connectivity index (χ0n) is 26.3. The molecule has 2 heterocycles. The maximum absolute atomic E-state index is 13.5. The van der Waals surface area contributed by atoms with Gasteiger partial charge < -0.3 is 19.7 Å². The number of rotatable bonds is 11. The highest BCUT2D eigenvalue weighted by Gasteiger charge is 2.34. The Morgan fingerprint density at radius 2 is 1.66 bits per heavy atom. The Morgan fingerprint density at radius 1 is 0.915 bits per heavy atom. The minimum Gasteiger partial charge on any atom is -0.392 e. The number of nitrogens with zero attached hydrogens (tertiary/aromatic N) is 2. The van der Waals surface area contributed by atoms with Crippen LogP contribution in [-0.2, 0) is 26.1 Å². The van der Waals surface area contributed by atoms with E-state index in [1.807, 2.05) is 86.8 Å². The van der Waals surface area contributed by atoms with E-state index in [1.54, 1.807) is 42.6 Å². The number of hydrogen-bond donors (Lipinski definition) is 3. The van der Waals surface area contributed by atoms with Crippen LogP contribution >= 0.6 is 0 Å². The smallest absolute Gasteiger partial charge is 0.264 e. The number of likely N-dealkylation sites (N-methyl/N-ethyl adjacent to an activating group) is 1. The van der Waals surface area contributed by atoms with Crippen LogP contribution in [0.25, 0.3) is 10.9 Å². The van der Waals surface area contributed by atoms with Crippen molar-refractivity contribution in [2.24, 2.45) is 0 Å². The van der Waals surface area contributed by atoms with Crippen LogP contribution in [0, 0.1) is 0 Å². The molecule has 0 amide bonds. The van der Waals surface area contributed by atoms with Crippen molar-refractivity contribution in [2.75, 3.05) is 18.3 Å². The number of anilines is 1. The van der Waals surface area contributed by atoms with Crippen molar-refractivity contribution in [1.82, 2.24) is 9.88 Å². The molecule has 5 atom stereocenters. The molecule has 10 heteroatoms. The number of pyridine rings is 1. The lowest BCUT2D eigenvalue weighted by Crippen LogP contribution is -2.43. The van der Waals surface area contributed by atoms with Gasteiger partial charge in [0.25, 0.3) is 10.0 Å². The van der Waals surface area contributed by atoms with Crippen LogP contribution in [0.5, 0.6) is 0 Å². The third kappa shape index (κ3) is 7.54. The number of nitrogens with one attached hydrogen (secondary N) is 1. The summed E-state index contributed by atoms with van der Waals surface area (Å²) in [4.78, 5) is 6.48. The van der Waals surface area contributed by atoms with Crippen LogP contribution in [0.2, 0.25) is 0 Å². The molecule has 9 nitrogen and oxygen atoms in total. The summed E-state index contributed by atoms with van der Waals surface area (Å²) in [6, 6.07) is 32.7. The number of hydrogen-bond acceptors (Lipinski definition) is 8. The standard InChI is InChI=1S/C37H39N3O6S/c1-25(36(42)29-9-4-3-5-10-29)40(2)23-32-22-33(27-18-16-26(24-41)17-19-27)46-37(45-32)30-12-6-14-31(21-30)39-47(43,44)34-15-7-11-28-13-8-20-38-35(28)34/h3-21,25,32-33,36-37,39,41-42H,22-24H2,1-2H3/t25-,32-,33+,36-,37?/m0/s1. The van der Waals surface area contributed by atoms with Gasteiger partial charge in [0.1, 0.15) is 4.90 Å². The minimum atomic E-state index is -3.96. The molecular formula is C37H39N3O6S. The van der Waals surface area contributed by atoms with Crippen molar-refractivity contribution < 1.29 is 28.1 Å². The number of para-hydroxylation sites is 1. The first-order valence-electron chi connectivity index (χ1n) is 15.6. The summed E-state index contributed by atoms with van der Waals surface area (Å²) < 4.78 is 42.8. The molecule has 1 aliphatic rings. The average molecular weight is 654 g/mol. The van der Waals surface area contributed by atoms with E-state index >= 15 is 0 Å². The molecule has 1 fully saturated rings. The summed E-state index contributed by atoms with van der Waals surface area (Å²) in [7, 11) is -1.99. The zero-order chi connectivity index (χ0) is 33.0. The summed E-state index contributed by atoms with van der Waals surface area (Å²) in [6.45, 7) is 2.46. The number of aliphatic hydroxyl groups excluding tert-OH is 2. The Balaban J connectivity index is 1.24. The Kier molecular flexibility index (Phi) is 9.97. The fourth-order valence-corrected chi connectivity index (χ4v) is 7.17. The average Bonchev–Trinajstić information content (AvgIpc) is 3.11. The Labute approximate surface area is 275 Å². The molecule has 4 aromatic carbocycles. The molecule has 0 aliphatic carbocycles. The van der Waals surface area contributed by atoms with Crippen LogP contribution in [0.1, 0.15) is 54.1 Å². The maximum Gasteiger partial charge on any atom is 0.264 e. The monoisotopic (exact) mass is 653 g/mol. The number of aliphatic hydroxyl groups is 2. The van der Waals surface area contributed by atoms with Crippen molar-refractivity contribution in [3.8, 4) is 0 Å². The first-order valence-corrected chi connectivity index (χ1v) is 17.1. The predicted molar refractivity (Wildman–Crippen MR) is 181 cm³/mol. The van der Waals surface area contributed by atoms with E-state index in [2.05, 4.69) is 14.6 Å². The second kappa shape index (κ2) is 14.3. The Hall–Kier alpha value is -4.16. The highest BCUT2D eigenvalue weighted by Crippen LogP contribution is 2.39. The quantitative estimate of drug-likeness (QED) is 0.156. The molecule has 6 rings (SSSR count). The topological polar surface area (TPSA) is 121 Å². The van der Waals surface area contributed by atoms with Gasteiger partial charge in [0.2, 0.25) is 0 Å². The third-order valence-corrected chi connectivity index (χ3v) is 10.1. The van der Waals surface area contributed by atoms with E-state index in [0.29, 0.717) is 29.7 Å². The van der Waals surface area contributed by atoms with Gasteiger partial charge in [-0.3, -0.25) is 14.6 Å². The molecule has 1 aromatic heterocycles. The number of ether oxygens (including phenoxy) is 2. The summed E-state index contributed by atoms with van der Waals surface area (Å²) in [5, 5.41) is 21.4. The first-order chi connectivity index (χ1) is 22.7. The molecule has 1 saturated heterocycles. The predicted octanol–water partition coefficient (Wildman–Crippen LogP) is 6.13. The molecule has 1 unspecified atom stereocenters. The van der Waals surface area contributed by atoms with Gasteiger partial charge in [-0.2, -0.15) is 0 Å². The third-order valence-electron chi connectivity index (χ3n) is 8.70. The van der Waals surface area contributed by atoms with Gasteiger partial charge in [0.05, 0.1) is 30.4 Å². The number of aromatic nitrogens is 1. The van der Waals surface area contributed by atoms with E-state index in [-0.39, 0.29) is 29.8 Å². The lowest BCUT2D eigenvalue weighted by Gasteiger charge is -2.39. The van der Waals surface area contributed by atoms with Crippen molar-refractivity contribution >= 4 is 26.6 Å². The molecule has 1 aliphatic heterocycles. The van der Waals surface area contributed by atoms with Crippen LogP contribution in [0.3, 0.4) is 0 Å². The molecular weight excluding hydrogens is 614 g/mol. The first kappa shape index (κ1) is 32.8. The van der Waals surface area contributed by atoms with Gasteiger partial charge in [-0.15, -0.1) is 0 Å². The van der Waals surface area contributed by atoms with Crippen molar-refractivity contribution in [1.29, 1.82) is 0 Å². The lowest BCUT2D eigenvalue weighted by atomic mass is 9.98. The Bertz CT molecular complexity index is 1900. The fourth-order valence-electron chi connectivity index (χ4n) is 5.94. The maximum atomic E-state index is 13.5. The second-order valence-electron chi connectivity index (χ2n) is 11.9. The van der Waals surface area contributed by atoms with Crippen LogP contribution in [0.15, 0.2) is 120 Å². The van der Waals surface area contributed by atoms with E-state index in [0.717, 1.165) is 22.1 Å². The van der Waals surface area contributed by atoms with Crippen molar-refractivity contribution in [2.45, 2.75) is 55.5 Å². The molecule has 3 N–H and O–H groups in total. The van der Waals surface area contributed by atoms with Crippen molar-refractivity contribution in [3.05, 3.63) is 138 Å². The van der Waals surface area contributed by atoms with Crippen LogP contribution in [0.4, 0.5) is 5.69 Å². The highest BCUT2D eigenvalue weighted by atomic mass is 32.2. The van der Waals surface area contributed by atoms with Gasteiger partial charge in [-0.25, -0.2) is 8.42 Å². The molecule has 0 bridgehead atoms. The van der Waals surface area contributed by atoms with Gasteiger partial charge in [-0.05, 0) is 54.9 Å². The molecule has 0 spiro atoms. The van der Waals surface area contributed by atoms with Crippen LogP contribution < -0.4 is 4.72 Å². The van der Waals surface area contributed by atoms with E-state index in [1.165, 1.54) is 0 Å². The lowest BCUT2D eigenvalue weighted by molar-refractivity contribution is -0.253. The summed E-state index contributed by atoms with van der Waals surface area (Å²) in [5.41, 5.74) is 4.01. The second-order valence-corrected chi connectivity index (χ2v) is 13.6. The molecule has 5 aromatic rings. The van der Waals surface area contributed by atoms with Gasteiger partial charge in [0.15, 0.2) is 6.29 Å². The summed E-state index contributed by atoms with van der Waals surface area (Å²) in [5.74, 6) is 0. The summed E-state index contributed by atoms with van der Waals surface area (Å²) in [6.07, 6.45) is 0.0753. The highest BCUT2D eigenvalue weighted by molar-refractivity contribution is 7.93. The molecule has 0 saturated carbocycles.